The lowest BCUT2D eigenvalue weighted by molar-refractivity contribution is 0.860. The maximum absolute atomic E-state index is 4.31. The molecule has 14 heavy (non-hydrogen) atoms. The minimum atomic E-state index is 0.733. The van der Waals surface area contributed by atoms with Crippen LogP contribution in [0.4, 0.5) is 0 Å². The molecule has 4 heteroatoms. The highest BCUT2D eigenvalue weighted by Gasteiger charge is 2.01. The lowest BCUT2D eigenvalue weighted by Gasteiger charge is -1.98. The van der Waals surface area contributed by atoms with Crippen molar-refractivity contribution < 1.29 is 0 Å². The molecular formula is C10H12N4. The van der Waals surface area contributed by atoms with E-state index in [0.717, 1.165) is 35.4 Å². The summed E-state index contributed by atoms with van der Waals surface area (Å²) in [6.45, 7) is 5.85. The van der Waals surface area contributed by atoms with Gasteiger partial charge in [0, 0.05) is 6.42 Å². The molecule has 2 aromatic rings. The Morgan fingerprint density at radius 2 is 2.36 bits per heavy atom. The normalized spacial score (nSPS) is 10.6. The molecule has 0 spiro atoms. The SMILES string of the molecule is C=C(C)CCc1ncc2[nH]cnc2n1. The van der Waals surface area contributed by atoms with Gasteiger partial charge < -0.3 is 4.98 Å². The van der Waals surface area contributed by atoms with Crippen LogP contribution in [0.5, 0.6) is 0 Å². The molecular weight excluding hydrogens is 176 g/mol. The van der Waals surface area contributed by atoms with Crippen molar-refractivity contribution in [1.29, 1.82) is 0 Å². The van der Waals surface area contributed by atoms with Crippen molar-refractivity contribution >= 4 is 11.2 Å². The lowest BCUT2D eigenvalue weighted by Crippen LogP contribution is -1.95. The monoisotopic (exact) mass is 188 g/mol. The molecule has 2 heterocycles. The van der Waals surface area contributed by atoms with E-state index in [-0.39, 0.29) is 0 Å². The predicted octanol–water partition coefficient (Wildman–Crippen LogP) is 1.86. The number of aromatic nitrogens is 4. The molecule has 0 aliphatic carbocycles. The number of hydrogen-bond acceptors (Lipinski definition) is 3. The molecule has 0 aliphatic rings. The van der Waals surface area contributed by atoms with Gasteiger partial charge in [0.05, 0.1) is 12.5 Å². The number of hydrogen-bond donors (Lipinski definition) is 1. The minimum absolute atomic E-state index is 0.733. The van der Waals surface area contributed by atoms with Crippen LogP contribution in [0.3, 0.4) is 0 Å². The van der Waals surface area contributed by atoms with Gasteiger partial charge in [-0.15, -0.1) is 6.58 Å². The summed E-state index contributed by atoms with van der Waals surface area (Å²) >= 11 is 0. The molecule has 0 aliphatic heterocycles. The lowest BCUT2D eigenvalue weighted by atomic mass is 10.2. The maximum atomic E-state index is 4.31. The van der Waals surface area contributed by atoms with Gasteiger partial charge in [-0.3, -0.25) is 0 Å². The summed E-state index contributed by atoms with van der Waals surface area (Å²) in [7, 11) is 0. The van der Waals surface area contributed by atoms with E-state index in [2.05, 4.69) is 26.5 Å². The summed E-state index contributed by atoms with van der Waals surface area (Å²) in [4.78, 5) is 15.6. The van der Waals surface area contributed by atoms with Gasteiger partial charge in [-0.1, -0.05) is 5.57 Å². The van der Waals surface area contributed by atoms with E-state index < -0.39 is 0 Å². The molecule has 0 atom stereocenters. The molecule has 0 fully saturated rings. The summed E-state index contributed by atoms with van der Waals surface area (Å²) < 4.78 is 0. The second-order valence-electron chi connectivity index (χ2n) is 3.38. The van der Waals surface area contributed by atoms with Crippen molar-refractivity contribution in [3.63, 3.8) is 0 Å². The molecule has 0 bridgehead atoms. The number of imidazole rings is 1. The Hall–Kier alpha value is -1.71. The summed E-state index contributed by atoms with van der Waals surface area (Å²) in [6, 6.07) is 0. The Morgan fingerprint density at radius 1 is 1.50 bits per heavy atom. The number of aromatic amines is 1. The zero-order chi connectivity index (χ0) is 9.97. The van der Waals surface area contributed by atoms with Gasteiger partial charge in [-0.05, 0) is 13.3 Å². The molecule has 1 N–H and O–H groups in total. The standard InChI is InChI=1S/C10H12N4/c1-7(2)3-4-9-11-5-8-10(14-9)13-6-12-8/h5-6H,1,3-4H2,2H3,(H,11,12,13,14). The van der Waals surface area contributed by atoms with Crippen molar-refractivity contribution in [2.75, 3.05) is 0 Å². The highest BCUT2D eigenvalue weighted by molar-refractivity contribution is 5.67. The van der Waals surface area contributed by atoms with E-state index >= 15 is 0 Å². The molecule has 0 saturated heterocycles. The number of fused-ring (bicyclic) bond motifs is 1. The van der Waals surface area contributed by atoms with Crippen molar-refractivity contribution in [2.24, 2.45) is 0 Å². The average molecular weight is 188 g/mol. The van der Waals surface area contributed by atoms with Gasteiger partial charge in [0.15, 0.2) is 5.65 Å². The summed E-state index contributed by atoms with van der Waals surface area (Å²) in [5.41, 5.74) is 2.76. The first-order valence-electron chi connectivity index (χ1n) is 4.55. The molecule has 2 rings (SSSR count). The number of H-pyrrole nitrogens is 1. The van der Waals surface area contributed by atoms with Crippen molar-refractivity contribution in [3.8, 4) is 0 Å². The zero-order valence-electron chi connectivity index (χ0n) is 8.12. The molecule has 2 aromatic heterocycles. The number of nitrogens with one attached hydrogen (secondary N) is 1. The Morgan fingerprint density at radius 3 is 3.14 bits per heavy atom. The van der Waals surface area contributed by atoms with Crippen LogP contribution in [0.1, 0.15) is 19.2 Å². The van der Waals surface area contributed by atoms with Gasteiger partial charge in [-0.25, -0.2) is 15.0 Å². The van der Waals surface area contributed by atoms with Crippen LogP contribution in [0.15, 0.2) is 24.7 Å². The van der Waals surface area contributed by atoms with Crippen LogP contribution >= 0.6 is 0 Å². The van der Waals surface area contributed by atoms with Crippen LogP contribution in [0.2, 0.25) is 0 Å². The van der Waals surface area contributed by atoms with Crippen LogP contribution in [-0.4, -0.2) is 19.9 Å². The van der Waals surface area contributed by atoms with Gasteiger partial charge in [-0.2, -0.15) is 0 Å². The van der Waals surface area contributed by atoms with Gasteiger partial charge in [0.2, 0.25) is 0 Å². The molecule has 0 saturated carbocycles. The average Bonchev–Trinajstić information content (AvgIpc) is 2.61. The highest BCUT2D eigenvalue weighted by atomic mass is 15.0. The fourth-order valence-electron chi connectivity index (χ4n) is 1.22. The highest BCUT2D eigenvalue weighted by Crippen LogP contribution is 2.07. The molecule has 0 amide bonds. The molecule has 0 unspecified atom stereocenters. The third-order valence-corrected chi connectivity index (χ3v) is 2.00. The molecule has 4 nitrogen and oxygen atoms in total. The van der Waals surface area contributed by atoms with E-state index in [1.54, 1.807) is 12.5 Å². The second kappa shape index (κ2) is 3.57. The summed E-state index contributed by atoms with van der Waals surface area (Å²) in [6.07, 6.45) is 5.15. The fourth-order valence-corrected chi connectivity index (χ4v) is 1.22. The van der Waals surface area contributed by atoms with Gasteiger partial charge in [0.1, 0.15) is 11.3 Å². The van der Waals surface area contributed by atoms with Crippen LogP contribution in [-0.2, 0) is 6.42 Å². The van der Waals surface area contributed by atoms with E-state index in [4.69, 9.17) is 0 Å². The molecule has 0 aromatic carbocycles. The number of nitrogens with zero attached hydrogens (tertiary/aromatic N) is 3. The summed E-state index contributed by atoms with van der Waals surface area (Å²) in [5, 5.41) is 0. The minimum Gasteiger partial charge on any atom is -0.342 e. The zero-order valence-corrected chi connectivity index (χ0v) is 8.12. The van der Waals surface area contributed by atoms with Crippen molar-refractivity contribution in [2.45, 2.75) is 19.8 Å². The van der Waals surface area contributed by atoms with Crippen LogP contribution in [0, 0.1) is 0 Å². The van der Waals surface area contributed by atoms with Crippen molar-refractivity contribution in [1.82, 2.24) is 19.9 Å². The Labute approximate surface area is 82.1 Å². The van der Waals surface area contributed by atoms with Gasteiger partial charge in [0.25, 0.3) is 0 Å². The Balaban J connectivity index is 2.21. The van der Waals surface area contributed by atoms with Crippen molar-refractivity contribution in [3.05, 3.63) is 30.5 Å². The number of aryl methyl sites for hydroxylation is 1. The summed E-state index contributed by atoms with van der Waals surface area (Å²) in [5.74, 6) is 0.826. The first kappa shape index (κ1) is 8.87. The topological polar surface area (TPSA) is 54.5 Å². The quantitative estimate of drug-likeness (QED) is 0.748. The Kier molecular flexibility index (Phi) is 2.26. The first-order chi connectivity index (χ1) is 6.75. The third kappa shape index (κ3) is 1.79. The van der Waals surface area contributed by atoms with E-state index in [9.17, 15) is 0 Å². The number of rotatable bonds is 3. The fraction of sp³-hybridized carbons (Fsp3) is 0.300. The largest absolute Gasteiger partial charge is 0.342 e. The van der Waals surface area contributed by atoms with E-state index in [0.29, 0.717) is 0 Å². The maximum Gasteiger partial charge on any atom is 0.180 e. The van der Waals surface area contributed by atoms with E-state index in [1.807, 2.05) is 6.92 Å². The first-order valence-corrected chi connectivity index (χ1v) is 4.55. The van der Waals surface area contributed by atoms with Crippen LogP contribution < -0.4 is 0 Å². The smallest absolute Gasteiger partial charge is 0.180 e. The molecule has 72 valence electrons. The number of allylic oxidation sites excluding steroid dienone is 1. The third-order valence-electron chi connectivity index (χ3n) is 2.00. The van der Waals surface area contributed by atoms with Gasteiger partial charge >= 0.3 is 0 Å². The van der Waals surface area contributed by atoms with E-state index in [1.165, 1.54) is 0 Å². The van der Waals surface area contributed by atoms with Crippen LogP contribution in [0.25, 0.3) is 11.2 Å². The molecule has 0 radical (unpaired) electrons. The predicted molar refractivity (Wildman–Crippen MR) is 54.8 cm³/mol. The Bertz CT molecular complexity index is 458. The second-order valence-corrected chi connectivity index (χ2v) is 3.38.